The van der Waals surface area contributed by atoms with Crippen LogP contribution in [0.2, 0.25) is 0 Å². The normalized spacial score (nSPS) is 11.4. The number of anilines is 2. The summed E-state index contributed by atoms with van der Waals surface area (Å²) in [4.78, 5) is 34.1. The number of rotatable bonds is 5. The van der Waals surface area contributed by atoms with E-state index in [4.69, 9.17) is 10.5 Å². The monoisotopic (exact) mass is 345 g/mol. The number of nitro groups is 1. The maximum atomic E-state index is 12.0. The first kappa shape index (κ1) is 17.7. The van der Waals surface area contributed by atoms with E-state index in [2.05, 4.69) is 5.32 Å². The Morgan fingerprint density at radius 1 is 1.24 bits per heavy atom. The van der Waals surface area contributed by atoms with E-state index < -0.39 is 28.7 Å². The van der Waals surface area contributed by atoms with Crippen LogP contribution in [0.25, 0.3) is 0 Å². The molecule has 0 radical (unpaired) electrons. The maximum absolute atomic E-state index is 12.0. The number of hydrogen-bond acceptors (Lipinski definition) is 7. The number of nitrogen functional groups attached to an aromatic ring is 1. The summed E-state index contributed by atoms with van der Waals surface area (Å²) < 4.78 is 4.99. The molecule has 0 aliphatic rings. The van der Waals surface area contributed by atoms with Crippen molar-refractivity contribution in [1.29, 1.82) is 0 Å². The standard InChI is InChI=1S/C16H15N3O6/c1-9(25-16(22)12-3-2-4-13(17)14(12)20)15(21)18-10-5-7-11(8-6-10)19(23)24/h2-9,20H,17H2,1H3,(H,18,21)/t9-/m1/s1. The highest BCUT2D eigenvalue weighted by molar-refractivity contribution is 5.99. The minimum absolute atomic E-state index is 0.0115. The molecule has 130 valence electrons. The Balaban J connectivity index is 2.01. The first-order chi connectivity index (χ1) is 11.8. The molecule has 2 rings (SSSR count). The van der Waals surface area contributed by atoms with Crippen LogP contribution in [0.15, 0.2) is 42.5 Å². The van der Waals surface area contributed by atoms with Gasteiger partial charge in [0.25, 0.3) is 11.6 Å². The molecule has 0 fully saturated rings. The topological polar surface area (TPSA) is 145 Å². The highest BCUT2D eigenvalue weighted by atomic mass is 16.6. The Morgan fingerprint density at radius 2 is 1.88 bits per heavy atom. The van der Waals surface area contributed by atoms with E-state index >= 15 is 0 Å². The second kappa shape index (κ2) is 7.30. The van der Waals surface area contributed by atoms with Crippen LogP contribution in [0.1, 0.15) is 17.3 Å². The molecule has 0 aromatic heterocycles. The Labute approximate surface area is 142 Å². The average molecular weight is 345 g/mol. The number of amides is 1. The van der Waals surface area contributed by atoms with Gasteiger partial charge in [0.15, 0.2) is 11.9 Å². The van der Waals surface area contributed by atoms with Gasteiger partial charge in [0.1, 0.15) is 5.56 Å². The number of phenols is 1. The quantitative estimate of drug-likeness (QED) is 0.247. The largest absolute Gasteiger partial charge is 0.505 e. The van der Waals surface area contributed by atoms with Gasteiger partial charge in [-0.25, -0.2) is 4.79 Å². The Morgan fingerprint density at radius 3 is 2.48 bits per heavy atom. The highest BCUT2D eigenvalue weighted by Crippen LogP contribution is 2.25. The summed E-state index contributed by atoms with van der Waals surface area (Å²) in [5.41, 5.74) is 5.55. The number of carbonyl (C=O) groups is 2. The summed E-state index contributed by atoms with van der Waals surface area (Å²) in [5.74, 6) is -1.96. The Kier molecular flexibility index (Phi) is 5.18. The zero-order valence-corrected chi connectivity index (χ0v) is 13.1. The van der Waals surface area contributed by atoms with Gasteiger partial charge >= 0.3 is 5.97 Å². The lowest BCUT2D eigenvalue weighted by Crippen LogP contribution is -2.30. The number of nitrogens with two attached hydrogens (primary N) is 1. The van der Waals surface area contributed by atoms with E-state index in [0.717, 1.165) is 0 Å². The van der Waals surface area contributed by atoms with Gasteiger partial charge in [-0.2, -0.15) is 0 Å². The number of aromatic hydroxyl groups is 1. The van der Waals surface area contributed by atoms with Crippen LogP contribution < -0.4 is 11.1 Å². The van der Waals surface area contributed by atoms with E-state index in [-0.39, 0.29) is 16.9 Å². The van der Waals surface area contributed by atoms with Crippen molar-refractivity contribution in [2.45, 2.75) is 13.0 Å². The van der Waals surface area contributed by atoms with Gasteiger partial charge in [0, 0.05) is 17.8 Å². The van der Waals surface area contributed by atoms with Crippen molar-refractivity contribution >= 4 is 28.9 Å². The van der Waals surface area contributed by atoms with Crippen molar-refractivity contribution in [3.63, 3.8) is 0 Å². The third-order valence-corrected chi connectivity index (χ3v) is 3.29. The summed E-state index contributed by atoms with van der Waals surface area (Å²) in [7, 11) is 0. The summed E-state index contributed by atoms with van der Waals surface area (Å²) in [6.07, 6.45) is -1.16. The number of hydrogen-bond donors (Lipinski definition) is 3. The van der Waals surface area contributed by atoms with Crippen LogP contribution in [-0.2, 0) is 9.53 Å². The van der Waals surface area contributed by atoms with Gasteiger partial charge in [-0.3, -0.25) is 14.9 Å². The van der Waals surface area contributed by atoms with Crippen molar-refractivity contribution < 1.29 is 24.4 Å². The van der Waals surface area contributed by atoms with E-state index in [1.807, 2.05) is 0 Å². The minimum atomic E-state index is -1.16. The predicted molar refractivity (Wildman–Crippen MR) is 89.1 cm³/mol. The van der Waals surface area contributed by atoms with Crippen molar-refractivity contribution in [3.8, 4) is 5.75 Å². The molecule has 25 heavy (non-hydrogen) atoms. The molecule has 0 unspecified atom stereocenters. The molecule has 2 aromatic carbocycles. The van der Waals surface area contributed by atoms with Gasteiger partial charge in [0.2, 0.25) is 0 Å². The Hall–Kier alpha value is -3.62. The molecule has 0 aliphatic heterocycles. The number of ether oxygens (including phenoxy) is 1. The van der Waals surface area contributed by atoms with Crippen LogP contribution in [0.5, 0.6) is 5.75 Å². The van der Waals surface area contributed by atoms with Gasteiger partial charge in [-0.1, -0.05) is 6.07 Å². The lowest BCUT2D eigenvalue weighted by atomic mass is 10.2. The second-order valence-corrected chi connectivity index (χ2v) is 5.08. The zero-order chi connectivity index (χ0) is 18.6. The van der Waals surface area contributed by atoms with Gasteiger partial charge in [0.05, 0.1) is 10.6 Å². The predicted octanol–water partition coefficient (Wildman–Crippen LogP) is 2.07. The fourth-order valence-corrected chi connectivity index (χ4v) is 1.91. The van der Waals surface area contributed by atoms with Crippen LogP contribution >= 0.6 is 0 Å². The van der Waals surface area contributed by atoms with Crippen LogP contribution in [0.3, 0.4) is 0 Å². The average Bonchev–Trinajstić information content (AvgIpc) is 2.57. The van der Waals surface area contributed by atoms with E-state index in [1.165, 1.54) is 49.4 Å². The highest BCUT2D eigenvalue weighted by Gasteiger charge is 2.22. The molecule has 0 bridgehead atoms. The number of benzene rings is 2. The number of non-ortho nitro benzene ring substituents is 1. The van der Waals surface area contributed by atoms with Gasteiger partial charge in [-0.05, 0) is 31.2 Å². The number of phenolic OH excluding ortho intramolecular Hbond substituents is 1. The number of nitrogens with zero attached hydrogens (tertiary/aromatic N) is 1. The summed E-state index contributed by atoms with van der Waals surface area (Å²) >= 11 is 0. The van der Waals surface area contributed by atoms with Crippen molar-refractivity contribution in [2.75, 3.05) is 11.1 Å². The van der Waals surface area contributed by atoms with Crippen LogP contribution in [0, 0.1) is 10.1 Å². The molecule has 4 N–H and O–H groups in total. The lowest BCUT2D eigenvalue weighted by Gasteiger charge is -2.14. The molecule has 0 aliphatic carbocycles. The molecule has 0 heterocycles. The zero-order valence-electron chi connectivity index (χ0n) is 13.1. The molecule has 1 amide bonds. The third-order valence-electron chi connectivity index (χ3n) is 3.29. The molecule has 0 saturated carbocycles. The fourth-order valence-electron chi connectivity index (χ4n) is 1.91. The first-order valence-corrected chi connectivity index (χ1v) is 7.13. The maximum Gasteiger partial charge on any atom is 0.342 e. The summed E-state index contributed by atoms with van der Waals surface area (Å²) in [6, 6.07) is 9.37. The molecular formula is C16H15N3O6. The minimum Gasteiger partial charge on any atom is -0.505 e. The SMILES string of the molecule is C[C@@H](OC(=O)c1cccc(N)c1O)C(=O)Nc1ccc([N+](=O)[O-])cc1. The third kappa shape index (κ3) is 4.22. The van der Waals surface area contributed by atoms with Crippen molar-refractivity contribution in [1.82, 2.24) is 0 Å². The number of carbonyl (C=O) groups excluding carboxylic acids is 2. The van der Waals surface area contributed by atoms with E-state index in [9.17, 15) is 24.8 Å². The Bertz CT molecular complexity index is 819. The van der Waals surface area contributed by atoms with E-state index in [1.54, 1.807) is 0 Å². The molecular weight excluding hydrogens is 330 g/mol. The van der Waals surface area contributed by atoms with E-state index in [0.29, 0.717) is 5.69 Å². The second-order valence-electron chi connectivity index (χ2n) is 5.08. The van der Waals surface area contributed by atoms with Crippen molar-refractivity contribution in [2.24, 2.45) is 0 Å². The van der Waals surface area contributed by atoms with Gasteiger partial charge < -0.3 is 20.9 Å². The van der Waals surface area contributed by atoms with Crippen LogP contribution in [0.4, 0.5) is 17.1 Å². The number of nitrogens with one attached hydrogen (secondary N) is 1. The molecule has 2 aromatic rings. The molecule has 9 nitrogen and oxygen atoms in total. The lowest BCUT2D eigenvalue weighted by molar-refractivity contribution is -0.384. The number of nitro benzene ring substituents is 1. The molecule has 9 heteroatoms. The first-order valence-electron chi connectivity index (χ1n) is 7.13. The van der Waals surface area contributed by atoms with Crippen LogP contribution in [-0.4, -0.2) is 28.0 Å². The summed E-state index contributed by atoms with van der Waals surface area (Å²) in [5, 5.41) is 22.8. The number of esters is 1. The van der Waals surface area contributed by atoms with Crippen molar-refractivity contribution in [3.05, 3.63) is 58.1 Å². The smallest absolute Gasteiger partial charge is 0.342 e. The molecule has 0 spiro atoms. The molecule has 1 atom stereocenters. The van der Waals surface area contributed by atoms with Gasteiger partial charge in [-0.15, -0.1) is 0 Å². The fraction of sp³-hybridized carbons (Fsp3) is 0.125. The summed E-state index contributed by atoms with van der Waals surface area (Å²) in [6.45, 7) is 1.35. The molecule has 0 saturated heterocycles. The number of para-hydroxylation sites is 1.